The maximum Gasteiger partial charge on any atom is 0.141 e. The lowest BCUT2D eigenvalue weighted by Crippen LogP contribution is -2.39. The third-order valence-corrected chi connectivity index (χ3v) is 1.84. The van der Waals surface area contributed by atoms with Gasteiger partial charge >= 0.3 is 0 Å². The summed E-state index contributed by atoms with van der Waals surface area (Å²) in [4.78, 5) is 0. The Balaban J connectivity index is 2.67. The van der Waals surface area contributed by atoms with Gasteiger partial charge in [-0.25, -0.2) is 0 Å². The molecule has 3 nitrogen and oxygen atoms in total. The molecule has 0 spiro atoms. The minimum Gasteiger partial charge on any atom is -0.495 e. The molecule has 0 saturated carbocycles. The van der Waals surface area contributed by atoms with E-state index in [-0.39, 0.29) is 5.54 Å². The summed E-state index contributed by atoms with van der Waals surface area (Å²) < 4.78 is 5.21. The van der Waals surface area contributed by atoms with Crippen LogP contribution in [0.15, 0.2) is 24.3 Å². The molecule has 0 aliphatic heterocycles. The molecule has 1 aromatic rings. The Hall–Kier alpha value is -1.22. The molecule has 0 saturated heterocycles. The molecule has 0 fully saturated rings. The largest absolute Gasteiger partial charge is 0.495 e. The van der Waals surface area contributed by atoms with E-state index in [0.29, 0.717) is 6.54 Å². The molecule has 3 heteroatoms. The number of hydrogen-bond donors (Lipinski definition) is 2. The quantitative estimate of drug-likeness (QED) is 0.769. The molecule has 0 heterocycles. The van der Waals surface area contributed by atoms with E-state index in [1.807, 2.05) is 38.1 Å². The zero-order chi connectivity index (χ0) is 10.6. The van der Waals surface area contributed by atoms with Crippen LogP contribution in [0.5, 0.6) is 5.75 Å². The number of benzene rings is 1. The summed E-state index contributed by atoms with van der Waals surface area (Å²) >= 11 is 0. The maximum atomic E-state index is 5.87. The Labute approximate surface area is 85.3 Å². The fourth-order valence-electron chi connectivity index (χ4n) is 1.11. The Morgan fingerprint density at radius 1 is 1.36 bits per heavy atom. The molecule has 0 amide bonds. The zero-order valence-electron chi connectivity index (χ0n) is 9.00. The van der Waals surface area contributed by atoms with E-state index in [1.54, 1.807) is 7.11 Å². The van der Waals surface area contributed by atoms with Crippen LogP contribution in [-0.2, 0) is 0 Å². The molecule has 0 aliphatic rings. The smallest absolute Gasteiger partial charge is 0.141 e. The standard InChI is InChI=1S/C11H18N2O/c1-11(2,12)8-13-9-6-4-5-7-10(9)14-3/h4-7,13H,8,12H2,1-3H3. The van der Waals surface area contributed by atoms with Gasteiger partial charge in [-0.2, -0.15) is 0 Å². The minimum atomic E-state index is -0.221. The molecule has 3 N–H and O–H groups in total. The predicted octanol–water partition coefficient (Wildman–Crippen LogP) is 1.84. The van der Waals surface area contributed by atoms with Crippen LogP contribution in [-0.4, -0.2) is 19.2 Å². The van der Waals surface area contributed by atoms with Crippen LogP contribution in [0.4, 0.5) is 5.69 Å². The van der Waals surface area contributed by atoms with Gasteiger partial charge in [-0.3, -0.25) is 0 Å². The summed E-state index contributed by atoms with van der Waals surface area (Å²) in [5.74, 6) is 0.844. The zero-order valence-corrected chi connectivity index (χ0v) is 9.00. The summed E-state index contributed by atoms with van der Waals surface area (Å²) in [5.41, 5.74) is 6.63. The van der Waals surface area contributed by atoms with Gasteiger partial charge in [-0.1, -0.05) is 12.1 Å². The fraction of sp³-hybridized carbons (Fsp3) is 0.455. The van der Waals surface area contributed by atoms with Gasteiger partial charge < -0.3 is 15.8 Å². The average Bonchev–Trinajstić information content (AvgIpc) is 2.14. The van der Waals surface area contributed by atoms with Crippen LogP contribution >= 0.6 is 0 Å². The molecule has 0 aliphatic carbocycles. The number of hydrogen-bond acceptors (Lipinski definition) is 3. The first-order valence-corrected chi connectivity index (χ1v) is 4.69. The number of methoxy groups -OCH3 is 1. The van der Waals surface area contributed by atoms with Crippen molar-refractivity contribution in [2.24, 2.45) is 5.73 Å². The van der Waals surface area contributed by atoms with Crippen molar-refractivity contribution >= 4 is 5.69 Å². The van der Waals surface area contributed by atoms with Crippen molar-refractivity contribution in [3.8, 4) is 5.75 Å². The van der Waals surface area contributed by atoms with Crippen molar-refractivity contribution in [1.82, 2.24) is 0 Å². The summed E-state index contributed by atoms with van der Waals surface area (Å²) in [6, 6.07) is 7.81. The number of nitrogens with one attached hydrogen (secondary N) is 1. The highest BCUT2D eigenvalue weighted by Crippen LogP contribution is 2.23. The van der Waals surface area contributed by atoms with Crippen LogP contribution in [0.2, 0.25) is 0 Å². The first-order valence-electron chi connectivity index (χ1n) is 4.69. The molecule has 1 aromatic carbocycles. The van der Waals surface area contributed by atoms with E-state index >= 15 is 0 Å². The number of anilines is 1. The normalized spacial score (nSPS) is 11.1. The van der Waals surface area contributed by atoms with Gasteiger partial charge in [0.25, 0.3) is 0 Å². The maximum absolute atomic E-state index is 5.87. The summed E-state index contributed by atoms with van der Waals surface area (Å²) in [7, 11) is 1.66. The highest BCUT2D eigenvalue weighted by molar-refractivity contribution is 5.56. The van der Waals surface area contributed by atoms with Gasteiger partial charge in [0.15, 0.2) is 0 Å². The van der Waals surface area contributed by atoms with Crippen molar-refractivity contribution in [3.05, 3.63) is 24.3 Å². The van der Waals surface area contributed by atoms with Crippen molar-refractivity contribution in [1.29, 1.82) is 0 Å². The second-order valence-electron chi connectivity index (χ2n) is 4.04. The number of nitrogens with two attached hydrogens (primary N) is 1. The first-order chi connectivity index (χ1) is 6.53. The van der Waals surface area contributed by atoms with Crippen LogP contribution < -0.4 is 15.8 Å². The lowest BCUT2D eigenvalue weighted by atomic mass is 10.1. The third-order valence-electron chi connectivity index (χ3n) is 1.84. The van der Waals surface area contributed by atoms with Crippen LogP contribution in [0, 0.1) is 0 Å². The number of rotatable bonds is 4. The second-order valence-corrected chi connectivity index (χ2v) is 4.04. The SMILES string of the molecule is COc1ccccc1NCC(C)(C)N. The highest BCUT2D eigenvalue weighted by Gasteiger charge is 2.10. The molecule has 1 rings (SSSR count). The molecule has 0 atom stereocenters. The van der Waals surface area contributed by atoms with Gasteiger partial charge in [0.05, 0.1) is 12.8 Å². The van der Waals surface area contributed by atoms with E-state index in [2.05, 4.69) is 5.32 Å². The molecule has 0 bridgehead atoms. The fourth-order valence-corrected chi connectivity index (χ4v) is 1.11. The Morgan fingerprint density at radius 3 is 2.57 bits per heavy atom. The van der Waals surface area contributed by atoms with E-state index in [9.17, 15) is 0 Å². The van der Waals surface area contributed by atoms with Crippen LogP contribution in [0.3, 0.4) is 0 Å². The van der Waals surface area contributed by atoms with Crippen molar-refractivity contribution in [3.63, 3.8) is 0 Å². The first kappa shape index (κ1) is 10.9. The molecule has 0 radical (unpaired) electrons. The Kier molecular flexibility index (Phi) is 3.36. The number of para-hydroxylation sites is 2. The summed E-state index contributed by atoms with van der Waals surface area (Å²) in [6.45, 7) is 4.68. The predicted molar refractivity (Wildman–Crippen MR) is 59.8 cm³/mol. The monoisotopic (exact) mass is 194 g/mol. The molecular weight excluding hydrogens is 176 g/mol. The van der Waals surface area contributed by atoms with E-state index < -0.39 is 0 Å². The molecule has 0 aromatic heterocycles. The summed E-state index contributed by atoms with van der Waals surface area (Å²) in [6.07, 6.45) is 0. The number of ether oxygens (including phenoxy) is 1. The average molecular weight is 194 g/mol. The Morgan fingerprint density at radius 2 is 2.00 bits per heavy atom. The van der Waals surface area contributed by atoms with Gasteiger partial charge in [-0.15, -0.1) is 0 Å². The van der Waals surface area contributed by atoms with Crippen molar-refractivity contribution < 1.29 is 4.74 Å². The van der Waals surface area contributed by atoms with E-state index in [0.717, 1.165) is 11.4 Å². The van der Waals surface area contributed by atoms with Gasteiger partial charge in [-0.05, 0) is 26.0 Å². The van der Waals surface area contributed by atoms with E-state index in [4.69, 9.17) is 10.5 Å². The minimum absolute atomic E-state index is 0.221. The molecule has 0 unspecified atom stereocenters. The second kappa shape index (κ2) is 4.33. The van der Waals surface area contributed by atoms with Crippen LogP contribution in [0.25, 0.3) is 0 Å². The van der Waals surface area contributed by atoms with E-state index in [1.165, 1.54) is 0 Å². The topological polar surface area (TPSA) is 47.3 Å². The molecule has 78 valence electrons. The Bertz CT molecular complexity index is 292. The third kappa shape index (κ3) is 3.26. The lowest BCUT2D eigenvalue weighted by Gasteiger charge is -2.20. The molecular formula is C11H18N2O. The van der Waals surface area contributed by atoms with Gasteiger partial charge in [0.1, 0.15) is 5.75 Å². The van der Waals surface area contributed by atoms with Gasteiger partial charge in [0.2, 0.25) is 0 Å². The van der Waals surface area contributed by atoms with Gasteiger partial charge in [0, 0.05) is 12.1 Å². The van der Waals surface area contributed by atoms with Crippen molar-refractivity contribution in [2.75, 3.05) is 19.0 Å². The van der Waals surface area contributed by atoms with Crippen molar-refractivity contribution in [2.45, 2.75) is 19.4 Å². The lowest BCUT2D eigenvalue weighted by molar-refractivity contribution is 0.416. The highest BCUT2D eigenvalue weighted by atomic mass is 16.5. The van der Waals surface area contributed by atoms with Crippen LogP contribution in [0.1, 0.15) is 13.8 Å². The summed E-state index contributed by atoms with van der Waals surface area (Å²) in [5, 5.41) is 3.25. The molecule has 14 heavy (non-hydrogen) atoms.